The molecule has 1 fully saturated rings. The molecule has 19 heavy (non-hydrogen) atoms. The minimum Gasteiger partial charge on any atom is -0.378 e. The molecule has 1 aliphatic heterocycles. The number of nitrogens with zero attached hydrogens (tertiary/aromatic N) is 2. The first-order valence-electron chi connectivity index (χ1n) is 7.14. The van der Waals surface area contributed by atoms with Gasteiger partial charge < -0.3 is 9.80 Å². The van der Waals surface area contributed by atoms with Crippen molar-refractivity contribution in [1.29, 1.82) is 0 Å². The van der Waals surface area contributed by atoms with Crippen molar-refractivity contribution in [2.45, 2.75) is 26.2 Å². The lowest BCUT2D eigenvalue weighted by molar-refractivity contribution is 0.0760. The molecule has 0 N–H and O–H groups in total. The smallest absolute Gasteiger partial charge is 0.253 e. The third-order valence-corrected chi connectivity index (χ3v) is 3.93. The third-order valence-electron chi connectivity index (χ3n) is 3.93. The Balaban J connectivity index is 2.06. The van der Waals surface area contributed by atoms with Crippen LogP contribution >= 0.6 is 0 Å². The van der Waals surface area contributed by atoms with Gasteiger partial charge >= 0.3 is 0 Å². The highest BCUT2D eigenvalue weighted by Crippen LogP contribution is 2.19. The van der Waals surface area contributed by atoms with Crippen LogP contribution in [-0.2, 0) is 0 Å². The van der Waals surface area contributed by atoms with Gasteiger partial charge in [0.05, 0.1) is 0 Å². The highest BCUT2D eigenvalue weighted by molar-refractivity contribution is 5.94. The SMILES string of the molecule is CC1CCCN(C(=O)c2ccc(N(C)C)cc2)CC1. The van der Waals surface area contributed by atoms with Crippen LogP contribution < -0.4 is 4.90 Å². The van der Waals surface area contributed by atoms with E-state index in [9.17, 15) is 4.79 Å². The van der Waals surface area contributed by atoms with Crippen LogP contribution in [0.25, 0.3) is 0 Å². The topological polar surface area (TPSA) is 23.6 Å². The lowest BCUT2D eigenvalue weighted by atomic mass is 10.0. The van der Waals surface area contributed by atoms with Gasteiger partial charge in [0.1, 0.15) is 0 Å². The number of anilines is 1. The molecule has 104 valence electrons. The van der Waals surface area contributed by atoms with Crippen LogP contribution in [0.15, 0.2) is 24.3 Å². The van der Waals surface area contributed by atoms with E-state index in [4.69, 9.17) is 0 Å². The van der Waals surface area contributed by atoms with Crippen molar-refractivity contribution < 1.29 is 4.79 Å². The van der Waals surface area contributed by atoms with Gasteiger partial charge in [-0.3, -0.25) is 4.79 Å². The molecule has 1 unspecified atom stereocenters. The second kappa shape index (κ2) is 6.09. The lowest BCUT2D eigenvalue weighted by Gasteiger charge is -2.21. The van der Waals surface area contributed by atoms with E-state index in [1.807, 2.05) is 48.2 Å². The van der Waals surface area contributed by atoms with Gasteiger partial charge in [-0.1, -0.05) is 6.92 Å². The van der Waals surface area contributed by atoms with Gasteiger partial charge in [-0.2, -0.15) is 0 Å². The van der Waals surface area contributed by atoms with E-state index in [1.54, 1.807) is 0 Å². The van der Waals surface area contributed by atoms with Gasteiger partial charge in [-0.25, -0.2) is 0 Å². The van der Waals surface area contributed by atoms with Crippen molar-refractivity contribution in [1.82, 2.24) is 4.90 Å². The quantitative estimate of drug-likeness (QED) is 0.816. The summed E-state index contributed by atoms with van der Waals surface area (Å²) in [5.74, 6) is 0.924. The molecule has 3 heteroatoms. The monoisotopic (exact) mass is 260 g/mol. The standard InChI is InChI=1S/C16H24N2O/c1-13-5-4-11-18(12-10-13)16(19)14-6-8-15(9-7-14)17(2)3/h6-9,13H,4-5,10-12H2,1-3H3. The number of amides is 1. The van der Waals surface area contributed by atoms with Crippen molar-refractivity contribution in [3.8, 4) is 0 Å². The second-order valence-electron chi connectivity index (χ2n) is 5.77. The Bertz CT molecular complexity index is 425. The van der Waals surface area contributed by atoms with Gasteiger partial charge in [0.25, 0.3) is 5.91 Å². The molecule has 0 saturated carbocycles. The van der Waals surface area contributed by atoms with Crippen LogP contribution in [0.2, 0.25) is 0 Å². The maximum atomic E-state index is 12.5. The largest absolute Gasteiger partial charge is 0.378 e. The molecule has 1 aromatic rings. The molecule has 1 amide bonds. The fraction of sp³-hybridized carbons (Fsp3) is 0.562. The summed E-state index contributed by atoms with van der Waals surface area (Å²) in [6.07, 6.45) is 3.49. The minimum atomic E-state index is 0.180. The number of hydrogen-bond donors (Lipinski definition) is 0. The van der Waals surface area contributed by atoms with E-state index >= 15 is 0 Å². The first-order chi connectivity index (χ1) is 9.08. The number of benzene rings is 1. The maximum absolute atomic E-state index is 12.5. The van der Waals surface area contributed by atoms with Gasteiger partial charge in [-0.05, 0) is 49.4 Å². The fourth-order valence-electron chi connectivity index (χ4n) is 2.55. The summed E-state index contributed by atoms with van der Waals surface area (Å²) >= 11 is 0. The Morgan fingerprint density at radius 1 is 1.16 bits per heavy atom. The predicted molar refractivity (Wildman–Crippen MR) is 79.7 cm³/mol. The Kier molecular flexibility index (Phi) is 4.46. The molecule has 0 spiro atoms. The summed E-state index contributed by atoms with van der Waals surface area (Å²) in [6.45, 7) is 4.08. The third kappa shape index (κ3) is 3.49. The van der Waals surface area contributed by atoms with Crippen LogP contribution in [0.5, 0.6) is 0 Å². The number of rotatable bonds is 2. The normalized spacial score (nSPS) is 19.9. The van der Waals surface area contributed by atoms with Crippen LogP contribution in [0.1, 0.15) is 36.5 Å². The van der Waals surface area contributed by atoms with Crippen molar-refractivity contribution in [2.75, 3.05) is 32.1 Å². The predicted octanol–water partition coefficient (Wildman–Crippen LogP) is 3.01. The molecule has 0 radical (unpaired) electrons. The molecule has 0 aliphatic carbocycles. The van der Waals surface area contributed by atoms with Crippen LogP contribution in [0.4, 0.5) is 5.69 Å². The summed E-state index contributed by atoms with van der Waals surface area (Å²) < 4.78 is 0. The molecule has 1 atom stereocenters. The van der Waals surface area contributed by atoms with Gasteiger partial charge in [0.15, 0.2) is 0 Å². The minimum absolute atomic E-state index is 0.180. The van der Waals surface area contributed by atoms with E-state index in [0.29, 0.717) is 0 Å². The highest BCUT2D eigenvalue weighted by Gasteiger charge is 2.19. The van der Waals surface area contributed by atoms with Gasteiger partial charge in [0.2, 0.25) is 0 Å². The first-order valence-corrected chi connectivity index (χ1v) is 7.14. The molecule has 1 aliphatic rings. The Hall–Kier alpha value is -1.51. The molecular formula is C16H24N2O. The number of hydrogen-bond acceptors (Lipinski definition) is 2. The molecule has 1 aromatic carbocycles. The van der Waals surface area contributed by atoms with Crippen LogP contribution in [0, 0.1) is 5.92 Å². The molecule has 2 rings (SSSR count). The average molecular weight is 260 g/mol. The molecule has 0 aromatic heterocycles. The zero-order chi connectivity index (χ0) is 13.8. The highest BCUT2D eigenvalue weighted by atomic mass is 16.2. The van der Waals surface area contributed by atoms with E-state index in [-0.39, 0.29) is 5.91 Å². The average Bonchev–Trinajstić information content (AvgIpc) is 2.63. The Morgan fingerprint density at radius 3 is 2.47 bits per heavy atom. The fourth-order valence-corrected chi connectivity index (χ4v) is 2.55. The van der Waals surface area contributed by atoms with Gasteiger partial charge in [0, 0.05) is 38.4 Å². The summed E-state index contributed by atoms with van der Waals surface area (Å²) in [5.41, 5.74) is 1.93. The van der Waals surface area contributed by atoms with Crippen molar-refractivity contribution in [3.63, 3.8) is 0 Å². The van der Waals surface area contributed by atoms with E-state index in [0.717, 1.165) is 43.1 Å². The van der Waals surface area contributed by atoms with Crippen molar-refractivity contribution >= 4 is 11.6 Å². The van der Waals surface area contributed by atoms with Gasteiger partial charge in [-0.15, -0.1) is 0 Å². The zero-order valence-electron chi connectivity index (χ0n) is 12.2. The maximum Gasteiger partial charge on any atom is 0.253 e. The molecule has 0 bridgehead atoms. The van der Waals surface area contributed by atoms with Crippen molar-refractivity contribution in [3.05, 3.63) is 29.8 Å². The van der Waals surface area contributed by atoms with E-state index in [2.05, 4.69) is 6.92 Å². The molecule has 1 saturated heterocycles. The summed E-state index contributed by atoms with van der Waals surface area (Å²) in [6, 6.07) is 7.89. The first kappa shape index (κ1) is 13.9. The van der Waals surface area contributed by atoms with E-state index < -0.39 is 0 Å². The van der Waals surface area contributed by atoms with Crippen LogP contribution in [0.3, 0.4) is 0 Å². The molecule has 1 heterocycles. The number of likely N-dealkylation sites (tertiary alicyclic amines) is 1. The lowest BCUT2D eigenvalue weighted by Crippen LogP contribution is -2.32. The zero-order valence-corrected chi connectivity index (χ0v) is 12.2. The summed E-state index contributed by atoms with van der Waals surface area (Å²) in [7, 11) is 4.01. The summed E-state index contributed by atoms with van der Waals surface area (Å²) in [5, 5.41) is 0. The van der Waals surface area contributed by atoms with Crippen molar-refractivity contribution in [2.24, 2.45) is 5.92 Å². The summed E-state index contributed by atoms with van der Waals surface area (Å²) in [4.78, 5) is 16.5. The number of carbonyl (C=O) groups is 1. The molecule has 3 nitrogen and oxygen atoms in total. The second-order valence-corrected chi connectivity index (χ2v) is 5.77. The van der Waals surface area contributed by atoms with Crippen LogP contribution in [-0.4, -0.2) is 38.0 Å². The molecular weight excluding hydrogens is 236 g/mol. The Morgan fingerprint density at radius 2 is 1.84 bits per heavy atom. The number of carbonyl (C=O) groups excluding carboxylic acids is 1. The van der Waals surface area contributed by atoms with E-state index in [1.165, 1.54) is 6.42 Å². The Labute approximate surface area is 116 Å².